The third kappa shape index (κ3) is 3.12. The third-order valence-corrected chi connectivity index (χ3v) is 4.54. The van der Waals surface area contributed by atoms with Crippen LogP contribution in [0.1, 0.15) is 42.0 Å². The maximum absolute atomic E-state index is 12.6. The number of carbonyl (C=O) groups excluding carboxylic acids is 2. The molecule has 0 fully saturated rings. The highest BCUT2D eigenvalue weighted by molar-refractivity contribution is 7.20. The predicted molar refractivity (Wildman–Crippen MR) is 85.9 cm³/mol. The van der Waals surface area contributed by atoms with Crippen LogP contribution >= 0.6 is 11.3 Å². The molecule has 0 spiro atoms. The molecule has 23 heavy (non-hydrogen) atoms. The summed E-state index contributed by atoms with van der Waals surface area (Å²) in [6, 6.07) is -0.797. The van der Waals surface area contributed by atoms with Crippen LogP contribution < -0.4 is 5.56 Å². The summed E-state index contributed by atoms with van der Waals surface area (Å²) in [6.07, 6.45) is 1.04. The Kier molecular flexibility index (Phi) is 4.84. The lowest BCUT2D eigenvalue weighted by Gasteiger charge is -2.12. The number of fused-ring (bicyclic) bond motifs is 1. The van der Waals surface area contributed by atoms with E-state index >= 15 is 0 Å². The van der Waals surface area contributed by atoms with E-state index in [1.54, 1.807) is 27.7 Å². The van der Waals surface area contributed by atoms with Crippen LogP contribution in [0.4, 0.5) is 0 Å². The minimum atomic E-state index is -0.797. The quantitative estimate of drug-likeness (QED) is 0.793. The first-order valence-corrected chi connectivity index (χ1v) is 7.88. The summed E-state index contributed by atoms with van der Waals surface area (Å²) in [5, 5.41) is 0.323. The standard InChI is InChI=1S/C15H18N2O5S/c1-7(2)22-15(20)11-8(3)10-12(23-11)16-6-17(13(10)18)9(4)14(19)21-5/h6-7,9H,1-5H3/t9-/m0/s1. The van der Waals surface area contributed by atoms with E-state index in [2.05, 4.69) is 9.72 Å². The van der Waals surface area contributed by atoms with Gasteiger partial charge in [-0.2, -0.15) is 0 Å². The maximum Gasteiger partial charge on any atom is 0.348 e. The van der Waals surface area contributed by atoms with Gasteiger partial charge in [-0.15, -0.1) is 11.3 Å². The van der Waals surface area contributed by atoms with Gasteiger partial charge in [0.15, 0.2) is 0 Å². The summed E-state index contributed by atoms with van der Waals surface area (Å²) in [4.78, 5) is 41.4. The van der Waals surface area contributed by atoms with Crippen molar-refractivity contribution in [3.05, 3.63) is 27.1 Å². The van der Waals surface area contributed by atoms with E-state index in [1.165, 1.54) is 18.0 Å². The van der Waals surface area contributed by atoms with Gasteiger partial charge in [0.25, 0.3) is 5.56 Å². The lowest BCUT2D eigenvalue weighted by Crippen LogP contribution is -2.29. The summed E-state index contributed by atoms with van der Waals surface area (Å²) in [7, 11) is 1.26. The minimum absolute atomic E-state index is 0.254. The van der Waals surface area contributed by atoms with E-state index in [0.29, 0.717) is 20.7 Å². The molecule has 0 aliphatic heterocycles. The average molecular weight is 338 g/mol. The molecular weight excluding hydrogens is 320 g/mol. The number of carbonyl (C=O) groups is 2. The van der Waals surface area contributed by atoms with Gasteiger partial charge in [-0.05, 0) is 33.3 Å². The van der Waals surface area contributed by atoms with Crippen molar-refractivity contribution in [2.24, 2.45) is 0 Å². The number of nitrogens with zero attached hydrogens (tertiary/aromatic N) is 2. The second kappa shape index (κ2) is 6.49. The summed E-state index contributed by atoms with van der Waals surface area (Å²) in [5.74, 6) is -1.02. The van der Waals surface area contributed by atoms with Crippen molar-refractivity contribution < 1.29 is 19.1 Å². The van der Waals surface area contributed by atoms with Gasteiger partial charge in [0, 0.05) is 0 Å². The molecule has 2 aromatic heterocycles. The molecular formula is C15H18N2O5S. The van der Waals surface area contributed by atoms with Crippen LogP contribution in [0, 0.1) is 6.92 Å². The molecule has 0 N–H and O–H groups in total. The summed E-state index contributed by atoms with van der Waals surface area (Å²) in [6.45, 7) is 6.73. The molecule has 8 heteroatoms. The number of methoxy groups -OCH3 is 1. The molecule has 0 amide bonds. The summed E-state index contributed by atoms with van der Waals surface area (Å²) in [5.41, 5.74) is 0.129. The first kappa shape index (κ1) is 17.1. The Hall–Kier alpha value is -2.22. The van der Waals surface area contributed by atoms with E-state index in [0.717, 1.165) is 11.3 Å². The Morgan fingerprint density at radius 3 is 2.52 bits per heavy atom. The smallest absolute Gasteiger partial charge is 0.348 e. The molecule has 124 valence electrons. The zero-order valence-corrected chi connectivity index (χ0v) is 14.4. The molecule has 0 aliphatic rings. The molecule has 2 rings (SSSR count). The van der Waals surface area contributed by atoms with Crippen LogP contribution in [0.3, 0.4) is 0 Å². The topological polar surface area (TPSA) is 87.5 Å². The largest absolute Gasteiger partial charge is 0.467 e. The third-order valence-electron chi connectivity index (χ3n) is 3.36. The fourth-order valence-corrected chi connectivity index (χ4v) is 3.18. The molecule has 0 aliphatic carbocycles. The monoisotopic (exact) mass is 338 g/mol. The fourth-order valence-electron chi connectivity index (χ4n) is 2.16. The van der Waals surface area contributed by atoms with Crippen LogP contribution in [0.5, 0.6) is 0 Å². The Morgan fingerprint density at radius 1 is 1.30 bits per heavy atom. The van der Waals surface area contributed by atoms with Gasteiger partial charge in [0.05, 0.1) is 24.9 Å². The number of hydrogen-bond donors (Lipinski definition) is 0. The van der Waals surface area contributed by atoms with Crippen molar-refractivity contribution in [1.29, 1.82) is 0 Å². The van der Waals surface area contributed by atoms with Gasteiger partial charge in [-0.3, -0.25) is 9.36 Å². The first-order chi connectivity index (χ1) is 10.8. The molecule has 7 nitrogen and oxygen atoms in total. The molecule has 0 aromatic carbocycles. The van der Waals surface area contributed by atoms with Crippen molar-refractivity contribution in [2.75, 3.05) is 7.11 Å². The Bertz CT molecular complexity index is 821. The van der Waals surface area contributed by atoms with E-state index in [-0.39, 0.29) is 11.7 Å². The molecule has 2 aromatic rings. The molecule has 1 atom stereocenters. The number of aryl methyl sites for hydroxylation is 1. The van der Waals surface area contributed by atoms with E-state index in [9.17, 15) is 14.4 Å². The van der Waals surface area contributed by atoms with Gasteiger partial charge in [-0.1, -0.05) is 0 Å². The fraction of sp³-hybridized carbons (Fsp3) is 0.467. The Balaban J connectivity index is 2.58. The molecule has 0 bridgehead atoms. The van der Waals surface area contributed by atoms with Crippen molar-refractivity contribution in [3.8, 4) is 0 Å². The molecule has 0 saturated carbocycles. The average Bonchev–Trinajstić information content (AvgIpc) is 2.83. The number of hydrogen-bond acceptors (Lipinski definition) is 7. The summed E-state index contributed by atoms with van der Waals surface area (Å²) < 4.78 is 11.0. The van der Waals surface area contributed by atoms with Gasteiger partial charge in [-0.25, -0.2) is 14.6 Å². The van der Waals surface area contributed by atoms with Crippen LogP contribution in [-0.2, 0) is 14.3 Å². The normalized spacial score (nSPS) is 12.4. The van der Waals surface area contributed by atoms with Crippen LogP contribution in [0.25, 0.3) is 10.2 Å². The van der Waals surface area contributed by atoms with Crippen molar-refractivity contribution in [1.82, 2.24) is 9.55 Å². The van der Waals surface area contributed by atoms with Gasteiger partial charge in [0.1, 0.15) is 15.7 Å². The van der Waals surface area contributed by atoms with E-state index in [4.69, 9.17) is 4.74 Å². The highest BCUT2D eigenvalue weighted by atomic mass is 32.1. The molecule has 0 radical (unpaired) electrons. The highest BCUT2D eigenvalue weighted by Gasteiger charge is 2.24. The SMILES string of the molecule is COC(=O)[C@H](C)n1cnc2sc(C(=O)OC(C)C)c(C)c2c1=O. The number of thiophene rings is 1. The van der Waals surface area contributed by atoms with Crippen molar-refractivity contribution in [2.45, 2.75) is 39.8 Å². The van der Waals surface area contributed by atoms with Crippen LogP contribution in [0.2, 0.25) is 0 Å². The lowest BCUT2D eigenvalue weighted by atomic mass is 10.2. The predicted octanol–water partition coefficient (Wildman–Crippen LogP) is 2.07. The van der Waals surface area contributed by atoms with Crippen LogP contribution in [-0.4, -0.2) is 34.7 Å². The molecule has 0 saturated heterocycles. The second-order valence-electron chi connectivity index (χ2n) is 5.35. The second-order valence-corrected chi connectivity index (χ2v) is 6.35. The van der Waals surface area contributed by atoms with Crippen molar-refractivity contribution >= 4 is 33.5 Å². The minimum Gasteiger partial charge on any atom is -0.467 e. The molecule has 2 heterocycles. The van der Waals surface area contributed by atoms with E-state index in [1.807, 2.05) is 0 Å². The zero-order chi connectivity index (χ0) is 17.3. The Labute approximate surface area is 136 Å². The number of ether oxygens (including phenoxy) is 2. The zero-order valence-electron chi connectivity index (χ0n) is 13.6. The number of aromatic nitrogens is 2. The number of rotatable bonds is 4. The number of esters is 2. The van der Waals surface area contributed by atoms with Crippen LogP contribution in [0.15, 0.2) is 11.1 Å². The first-order valence-electron chi connectivity index (χ1n) is 7.07. The van der Waals surface area contributed by atoms with Gasteiger partial charge >= 0.3 is 11.9 Å². The molecule has 0 unspecified atom stereocenters. The van der Waals surface area contributed by atoms with Gasteiger partial charge < -0.3 is 9.47 Å². The highest BCUT2D eigenvalue weighted by Crippen LogP contribution is 2.28. The van der Waals surface area contributed by atoms with Crippen molar-refractivity contribution in [3.63, 3.8) is 0 Å². The summed E-state index contributed by atoms with van der Waals surface area (Å²) >= 11 is 1.11. The van der Waals surface area contributed by atoms with E-state index < -0.39 is 18.0 Å². The lowest BCUT2D eigenvalue weighted by molar-refractivity contribution is -0.144. The maximum atomic E-state index is 12.6. The van der Waals surface area contributed by atoms with Gasteiger partial charge in [0.2, 0.25) is 0 Å². The Morgan fingerprint density at radius 2 is 1.96 bits per heavy atom.